The fourth-order valence-electron chi connectivity index (χ4n) is 3.44. The molecular weight excluding hydrogens is 300 g/mol. The van der Waals surface area contributed by atoms with Crippen LogP contribution in [0.4, 0.5) is 5.82 Å². The average molecular weight is 322 g/mol. The minimum atomic E-state index is 0.840. The van der Waals surface area contributed by atoms with E-state index in [0.29, 0.717) is 0 Å². The SMILES string of the molecule is CN(C)c1ncnc2c1CN(Cc1nc3ccccc3n1C)CC2. The first-order chi connectivity index (χ1) is 11.6. The van der Waals surface area contributed by atoms with E-state index < -0.39 is 0 Å². The van der Waals surface area contributed by atoms with Crippen molar-refractivity contribution in [1.29, 1.82) is 0 Å². The Balaban J connectivity index is 1.62. The number of hydrogen-bond donors (Lipinski definition) is 0. The van der Waals surface area contributed by atoms with Crippen molar-refractivity contribution in [2.24, 2.45) is 7.05 Å². The molecular formula is C18H22N6. The van der Waals surface area contributed by atoms with Crippen molar-refractivity contribution in [2.75, 3.05) is 25.5 Å². The Kier molecular flexibility index (Phi) is 3.69. The van der Waals surface area contributed by atoms with E-state index in [-0.39, 0.29) is 0 Å². The van der Waals surface area contributed by atoms with Crippen LogP contribution in [-0.4, -0.2) is 45.1 Å². The van der Waals surface area contributed by atoms with E-state index in [1.165, 1.54) is 16.8 Å². The molecule has 4 rings (SSSR count). The van der Waals surface area contributed by atoms with Gasteiger partial charge in [-0.25, -0.2) is 15.0 Å². The Labute approximate surface area is 141 Å². The highest BCUT2D eigenvalue weighted by atomic mass is 15.2. The predicted molar refractivity (Wildman–Crippen MR) is 94.9 cm³/mol. The van der Waals surface area contributed by atoms with Crippen LogP contribution in [0.2, 0.25) is 0 Å². The number of benzene rings is 1. The molecule has 0 unspecified atom stereocenters. The van der Waals surface area contributed by atoms with Crippen LogP contribution < -0.4 is 4.90 Å². The smallest absolute Gasteiger partial charge is 0.136 e. The lowest BCUT2D eigenvalue weighted by Crippen LogP contribution is -2.33. The number of rotatable bonds is 3. The number of nitrogens with zero attached hydrogens (tertiary/aromatic N) is 6. The molecule has 6 nitrogen and oxygen atoms in total. The van der Waals surface area contributed by atoms with Gasteiger partial charge in [0, 0.05) is 46.2 Å². The second-order valence-corrected chi connectivity index (χ2v) is 6.55. The van der Waals surface area contributed by atoms with E-state index >= 15 is 0 Å². The van der Waals surface area contributed by atoms with Gasteiger partial charge >= 0.3 is 0 Å². The highest BCUT2D eigenvalue weighted by Crippen LogP contribution is 2.25. The average Bonchev–Trinajstić information content (AvgIpc) is 2.90. The largest absolute Gasteiger partial charge is 0.362 e. The maximum Gasteiger partial charge on any atom is 0.136 e. The fraction of sp³-hybridized carbons (Fsp3) is 0.389. The molecule has 0 radical (unpaired) electrons. The highest BCUT2D eigenvalue weighted by molar-refractivity contribution is 5.75. The molecule has 0 spiro atoms. The molecule has 1 aliphatic heterocycles. The van der Waals surface area contributed by atoms with Gasteiger partial charge < -0.3 is 9.47 Å². The first-order valence-electron chi connectivity index (χ1n) is 8.26. The van der Waals surface area contributed by atoms with Gasteiger partial charge in [-0.1, -0.05) is 12.1 Å². The van der Waals surface area contributed by atoms with Crippen LogP contribution in [-0.2, 0) is 26.6 Å². The molecule has 6 heteroatoms. The molecule has 3 aromatic rings. The molecule has 0 aliphatic carbocycles. The summed E-state index contributed by atoms with van der Waals surface area (Å²) in [5.41, 5.74) is 4.66. The highest BCUT2D eigenvalue weighted by Gasteiger charge is 2.23. The number of imidazole rings is 1. The summed E-state index contributed by atoms with van der Waals surface area (Å²) in [4.78, 5) is 18.2. The molecule has 0 saturated heterocycles. The molecule has 0 bridgehead atoms. The van der Waals surface area contributed by atoms with Gasteiger partial charge in [-0.05, 0) is 12.1 Å². The van der Waals surface area contributed by atoms with E-state index in [0.717, 1.165) is 43.2 Å². The molecule has 3 heterocycles. The van der Waals surface area contributed by atoms with Crippen molar-refractivity contribution < 1.29 is 0 Å². The van der Waals surface area contributed by atoms with Gasteiger partial charge in [-0.3, -0.25) is 4.90 Å². The van der Waals surface area contributed by atoms with Crippen molar-refractivity contribution in [3.05, 3.63) is 47.7 Å². The van der Waals surface area contributed by atoms with Gasteiger partial charge in [-0.2, -0.15) is 0 Å². The zero-order valence-electron chi connectivity index (χ0n) is 14.4. The number of hydrogen-bond acceptors (Lipinski definition) is 5. The van der Waals surface area contributed by atoms with Gasteiger partial charge in [0.2, 0.25) is 0 Å². The predicted octanol–water partition coefficient (Wildman–Crippen LogP) is 1.99. The molecule has 124 valence electrons. The third-order valence-electron chi connectivity index (χ3n) is 4.73. The standard InChI is InChI=1S/C18H22N6/c1-22(2)18-13-10-24(9-8-14(13)19-12-20-18)11-17-21-15-6-4-5-7-16(15)23(17)3/h4-7,12H,8-11H2,1-3H3. The summed E-state index contributed by atoms with van der Waals surface area (Å²) in [5.74, 6) is 2.12. The van der Waals surface area contributed by atoms with Crippen molar-refractivity contribution in [3.8, 4) is 0 Å². The fourth-order valence-corrected chi connectivity index (χ4v) is 3.44. The van der Waals surface area contributed by atoms with Gasteiger partial charge in [0.05, 0.1) is 23.3 Å². The normalized spacial score (nSPS) is 14.8. The molecule has 0 atom stereocenters. The van der Waals surface area contributed by atoms with Crippen LogP contribution in [0.25, 0.3) is 11.0 Å². The maximum atomic E-state index is 4.80. The third kappa shape index (κ3) is 2.53. The first kappa shape index (κ1) is 15.1. The Hall–Kier alpha value is -2.47. The minimum Gasteiger partial charge on any atom is -0.362 e. The summed E-state index contributed by atoms with van der Waals surface area (Å²) >= 11 is 0. The summed E-state index contributed by atoms with van der Waals surface area (Å²) in [7, 11) is 6.16. The van der Waals surface area contributed by atoms with Crippen LogP contribution in [0, 0.1) is 0 Å². The van der Waals surface area contributed by atoms with Gasteiger partial charge in [0.15, 0.2) is 0 Å². The summed E-state index contributed by atoms with van der Waals surface area (Å²) in [6.45, 7) is 2.71. The van der Waals surface area contributed by atoms with Gasteiger partial charge in [0.25, 0.3) is 0 Å². The van der Waals surface area contributed by atoms with Crippen molar-refractivity contribution in [3.63, 3.8) is 0 Å². The Morgan fingerprint density at radius 2 is 2.00 bits per heavy atom. The number of anilines is 1. The zero-order chi connectivity index (χ0) is 16.7. The number of fused-ring (bicyclic) bond motifs is 2. The first-order valence-corrected chi connectivity index (χ1v) is 8.26. The summed E-state index contributed by atoms with van der Waals surface area (Å²) in [6, 6.07) is 8.29. The molecule has 0 saturated carbocycles. The molecule has 2 aromatic heterocycles. The lowest BCUT2D eigenvalue weighted by molar-refractivity contribution is 0.235. The van der Waals surface area contributed by atoms with Crippen molar-refractivity contribution in [1.82, 2.24) is 24.4 Å². The molecule has 1 aliphatic rings. The number of aromatic nitrogens is 4. The molecule has 24 heavy (non-hydrogen) atoms. The third-order valence-corrected chi connectivity index (χ3v) is 4.73. The summed E-state index contributed by atoms with van der Waals surface area (Å²) < 4.78 is 2.19. The lowest BCUT2D eigenvalue weighted by atomic mass is 10.1. The van der Waals surface area contributed by atoms with E-state index in [2.05, 4.69) is 49.6 Å². The van der Waals surface area contributed by atoms with E-state index in [1.54, 1.807) is 6.33 Å². The van der Waals surface area contributed by atoms with E-state index in [9.17, 15) is 0 Å². The molecule has 0 amide bonds. The van der Waals surface area contributed by atoms with Crippen molar-refractivity contribution >= 4 is 16.9 Å². The zero-order valence-corrected chi connectivity index (χ0v) is 14.4. The molecule has 0 fully saturated rings. The molecule has 1 aromatic carbocycles. The van der Waals surface area contributed by atoms with Crippen LogP contribution in [0.3, 0.4) is 0 Å². The number of para-hydroxylation sites is 2. The van der Waals surface area contributed by atoms with Crippen LogP contribution in [0.15, 0.2) is 30.6 Å². The van der Waals surface area contributed by atoms with Crippen LogP contribution in [0.5, 0.6) is 0 Å². The topological polar surface area (TPSA) is 50.1 Å². The molecule has 0 N–H and O–H groups in total. The van der Waals surface area contributed by atoms with Crippen molar-refractivity contribution in [2.45, 2.75) is 19.5 Å². The number of aryl methyl sites for hydroxylation is 1. The maximum absolute atomic E-state index is 4.80. The Bertz CT molecular complexity index is 882. The van der Waals surface area contributed by atoms with E-state index in [4.69, 9.17) is 4.98 Å². The summed E-state index contributed by atoms with van der Waals surface area (Å²) in [6.07, 6.45) is 2.64. The quantitative estimate of drug-likeness (QED) is 0.738. The second-order valence-electron chi connectivity index (χ2n) is 6.55. The lowest BCUT2D eigenvalue weighted by Gasteiger charge is -2.30. The Morgan fingerprint density at radius 3 is 2.79 bits per heavy atom. The van der Waals surface area contributed by atoms with Crippen LogP contribution >= 0.6 is 0 Å². The minimum absolute atomic E-state index is 0.840. The van der Waals surface area contributed by atoms with Gasteiger partial charge in [-0.15, -0.1) is 0 Å². The monoisotopic (exact) mass is 322 g/mol. The van der Waals surface area contributed by atoms with Gasteiger partial charge in [0.1, 0.15) is 18.0 Å². The van der Waals surface area contributed by atoms with Crippen LogP contribution in [0.1, 0.15) is 17.1 Å². The second kappa shape index (κ2) is 5.87. The summed E-state index contributed by atoms with van der Waals surface area (Å²) in [5, 5.41) is 0. The van der Waals surface area contributed by atoms with E-state index in [1.807, 2.05) is 20.2 Å². The Morgan fingerprint density at radius 1 is 1.17 bits per heavy atom.